The molecule has 1 rings (SSSR count). The first-order chi connectivity index (χ1) is 28.2. The molecule has 1 aliphatic rings. The zero-order valence-electron chi connectivity index (χ0n) is 36.5. The van der Waals surface area contributed by atoms with Gasteiger partial charge in [-0.3, -0.25) is 4.79 Å². The average molecular weight is 826 g/mol. The molecule has 340 valence electrons. The molecule has 0 aliphatic carbocycles. The summed E-state index contributed by atoms with van der Waals surface area (Å²) in [5.41, 5.74) is 0. The number of carbonyl (C=O) groups excluding carboxylic acids is 1. The first kappa shape index (κ1) is 54.3. The molecule has 0 aromatic rings. The highest BCUT2D eigenvalue weighted by atomic mass is 16.7. The number of nitrogens with one attached hydrogen (secondary N) is 1. The predicted molar refractivity (Wildman–Crippen MR) is 233 cm³/mol. The first-order valence-corrected chi connectivity index (χ1v) is 23.4. The van der Waals surface area contributed by atoms with Gasteiger partial charge in [-0.1, -0.05) is 159 Å². The van der Waals surface area contributed by atoms with Crippen LogP contribution in [0, 0.1) is 0 Å². The molecule has 1 fully saturated rings. The second-order valence-electron chi connectivity index (χ2n) is 16.5. The molecule has 1 aliphatic heterocycles. The molecule has 11 nitrogen and oxygen atoms in total. The molecule has 0 bridgehead atoms. The fraction of sp³-hybridized carbons (Fsp3) is 0.851. The Hall–Kier alpha value is -1.67. The van der Waals surface area contributed by atoms with E-state index in [1.807, 2.05) is 0 Å². The number of aliphatic hydroxyl groups is 7. The zero-order chi connectivity index (χ0) is 42.6. The van der Waals surface area contributed by atoms with Crippen molar-refractivity contribution in [2.75, 3.05) is 13.2 Å². The van der Waals surface area contributed by atoms with Crippen LogP contribution in [0.3, 0.4) is 0 Å². The number of ether oxygens (including phenoxy) is 2. The Kier molecular flexibility index (Phi) is 34.8. The maximum Gasteiger partial charge on any atom is 0.249 e. The normalized spacial score (nSPS) is 22.3. The summed E-state index contributed by atoms with van der Waals surface area (Å²) in [5.74, 6) is -0.717. The topological polar surface area (TPSA) is 189 Å². The van der Waals surface area contributed by atoms with Crippen molar-refractivity contribution in [1.82, 2.24) is 5.32 Å². The van der Waals surface area contributed by atoms with Crippen LogP contribution in [0.1, 0.15) is 187 Å². The Balaban J connectivity index is 2.44. The molecule has 11 heteroatoms. The van der Waals surface area contributed by atoms with Gasteiger partial charge in [-0.05, 0) is 64.2 Å². The van der Waals surface area contributed by atoms with E-state index < -0.39 is 74.2 Å². The summed E-state index contributed by atoms with van der Waals surface area (Å²) in [4.78, 5) is 13.0. The third-order valence-electron chi connectivity index (χ3n) is 11.2. The van der Waals surface area contributed by atoms with Gasteiger partial charge in [0.2, 0.25) is 5.91 Å². The lowest BCUT2D eigenvalue weighted by Crippen LogP contribution is -2.60. The molecule has 1 heterocycles. The quantitative estimate of drug-likeness (QED) is 0.0227. The van der Waals surface area contributed by atoms with E-state index in [-0.39, 0.29) is 12.8 Å². The number of carbonyl (C=O) groups is 1. The minimum Gasteiger partial charge on any atom is -0.394 e. The molecule has 0 aromatic carbocycles. The molecule has 8 N–H and O–H groups in total. The standard InChI is InChI=1S/C47H87NO10/c1-3-5-7-9-11-13-14-15-16-17-18-19-20-21-22-23-24-25-27-28-30-32-34-39(50)42(52)38(37-57-47-45(55)44(54)43(53)41(36-49)58-47)48-46(56)40(51)35-33-31-29-26-12-10-8-6-4-2/h18-19,22-23,27-28,38-45,47,49-55H,3-17,20-21,24-26,29-37H2,1-2H3,(H,48,56)/b19-18+,23-22+,28-27+. The Morgan fingerprint density at radius 2 is 1.03 bits per heavy atom. The van der Waals surface area contributed by atoms with Crippen LogP contribution >= 0.6 is 0 Å². The molecule has 0 saturated carbocycles. The lowest BCUT2D eigenvalue weighted by atomic mass is 9.98. The van der Waals surface area contributed by atoms with Crippen LogP contribution in [0.15, 0.2) is 36.5 Å². The van der Waals surface area contributed by atoms with E-state index in [2.05, 4.69) is 55.6 Å². The second kappa shape index (κ2) is 37.1. The summed E-state index contributed by atoms with van der Waals surface area (Å²) in [7, 11) is 0. The van der Waals surface area contributed by atoms with E-state index in [9.17, 15) is 40.5 Å². The first-order valence-electron chi connectivity index (χ1n) is 23.4. The maximum atomic E-state index is 13.0. The largest absolute Gasteiger partial charge is 0.394 e. The van der Waals surface area contributed by atoms with Crippen LogP contribution in [0.25, 0.3) is 0 Å². The van der Waals surface area contributed by atoms with E-state index in [0.717, 1.165) is 44.9 Å². The SMILES string of the molecule is CCCCCCCCCCC/C=C/CC/C=C/CC/C=C/CCCC(O)C(O)C(COC1OC(CO)C(O)C(O)C1O)NC(=O)C(O)CCCCCCCCCCC. The smallest absolute Gasteiger partial charge is 0.249 e. The number of aliphatic hydroxyl groups excluding tert-OH is 7. The lowest BCUT2D eigenvalue weighted by molar-refractivity contribution is -0.303. The highest BCUT2D eigenvalue weighted by Crippen LogP contribution is 2.23. The number of hydrogen-bond donors (Lipinski definition) is 8. The highest BCUT2D eigenvalue weighted by molar-refractivity contribution is 5.80. The molecule has 0 radical (unpaired) electrons. The van der Waals surface area contributed by atoms with Crippen LogP contribution in [0.2, 0.25) is 0 Å². The third kappa shape index (κ3) is 26.5. The van der Waals surface area contributed by atoms with Crippen molar-refractivity contribution < 1.29 is 50.0 Å². The number of allylic oxidation sites excluding steroid dienone is 6. The van der Waals surface area contributed by atoms with Gasteiger partial charge in [0.15, 0.2) is 6.29 Å². The predicted octanol–water partition coefficient (Wildman–Crippen LogP) is 7.61. The van der Waals surface area contributed by atoms with Crippen molar-refractivity contribution in [3.05, 3.63) is 36.5 Å². The van der Waals surface area contributed by atoms with Gasteiger partial charge in [0.25, 0.3) is 0 Å². The number of rotatable bonds is 38. The summed E-state index contributed by atoms with van der Waals surface area (Å²) >= 11 is 0. The summed E-state index contributed by atoms with van der Waals surface area (Å²) in [5, 5.41) is 75.4. The van der Waals surface area contributed by atoms with Gasteiger partial charge in [-0.15, -0.1) is 0 Å². The van der Waals surface area contributed by atoms with E-state index in [4.69, 9.17) is 9.47 Å². The van der Waals surface area contributed by atoms with E-state index in [1.54, 1.807) is 0 Å². The zero-order valence-corrected chi connectivity index (χ0v) is 36.5. The second-order valence-corrected chi connectivity index (χ2v) is 16.5. The lowest BCUT2D eigenvalue weighted by Gasteiger charge is -2.40. The molecular weight excluding hydrogens is 739 g/mol. The molecule has 0 aromatic heterocycles. The minimum absolute atomic E-state index is 0.242. The van der Waals surface area contributed by atoms with Crippen molar-refractivity contribution >= 4 is 5.91 Å². The average Bonchev–Trinajstić information content (AvgIpc) is 3.22. The summed E-state index contributed by atoms with van der Waals surface area (Å²) in [6, 6.07) is -1.19. The van der Waals surface area contributed by atoms with E-state index >= 15 is 0 Å². The Morgan fingerprint density at radius 1 is 0.586 bits per heavy atom. The fourth-order valence-corrected chi connectivity index (χ4v) is 7.24. The van der Waals surface area contributed by atoms with Crippen molar-refractivity contribution in [3.8, 4) is 0 Å². The van der Waals surface area contributed by atoms with Crippen LogP contribution < -0.4 is 5.32 Å². The van der Waals surface area contributed by atoms with E-state index in [1.165, 1.54) is 96.3 Å². The van der Waals surface area contributed by atoms with E-state index in [0.29, 0.717) is 19.3 Å². The summed E-state index contributed by atoms with van der Waals surface area (Å²) in [6.45, 7) is 3.37. The van der Waals surface area contributed by atoms with Crippen LogP contribution in [0.5, 0.6) is 0 Å². The third-order valence-corrected chi connectivity index (χ3v) is 11.2. The minimum atomic E-state index is -1.67. The molecule has 0 spiro atoms. The van der Waals surface area contributed by atoms with Gasteiger partial charge in [-0.25, -0.2) is 0 Å². The van der Waals surface area contributed by atoms with Gasteiger partial charge in [0, 0.05) is 0 Å². The summed E-state index contributed by atoms with van der Waals surface area (Å²) < 4.78 is 11.0. The number of hydrogen-bond acceptors (Lipinski definition) is 10. The Labute approximate surface area is 352 Å². The number of amides is 1. The van der Waals surface area contributed by atoms with Crippen LogP contribution in [-0.2, 0) is 14.3 Å². The van der Waals surface area contributed by atoms with Gasteiger partial charge in [-0.2, -0.15) is 0 Å². The monoisotopic (exact) mass is 826 g/mol. The van der Waals surface area contributed by atoms with Gasteiger partial charge >= 0.3 is 0 Å². The molecule has 9 unspecified atom stereocenters. The molecule has 1 saturated heterocycles. The van der Waals surface area contributed by atoms with Gasteiger partial charge in [0.1, 0.15) is 36.6 Å². The molecular formula is C47H87NO10. The van der Waals surface area contributed by atoms with Crippen LogP contribution in [-0.4, -0.2) is 110 Å². The molecule has 9 atom stereocenters. The summed E-state index contributed by atoms with van der Waals surface area (Å²) in [6.07, 6.45) is 30.7. The van der Waals surface area contributed by atoms with Gasteiger partial charge in [0.05, 0.1) is 25.4 Å². The van der Waals surface area contributed by atoms with Crippen molar-refractivity contribution in [1.29, 1.82) is 0 Å². The number of unbranched alkanes of at least 4 members (excludes halogenated alkanes) is 20. The van der Waals surface area contributed by atoms with Crippen molar-refractivity contribution in [2.24, 2.45) is 0 Å². The highest BCUT2D eigenvalue weighted by Gasteiger charge is 2.44. The van der Waals surface area contributed by atoms with Crippen molar-refractivity contribution in [2.45, 2.75) is 242 Å². The maximum absolute atomic E-state index is 13.0. The van der Waals surface area contributed by atoms with Crippen LogP contribution in [0.4, 0.5) is 0 Å². The Bertz CT molecular complexity index is 1040. The van der Waals surface area contributed by atoms with Gasteiger partial charge < -0.3 is 50.5 Å². The fourth-order valence-electron chi connectivity index (χ4n) is 7.24. The van der Waals surface area contributed by atoms with Crippen molar-refractivity contribution in [3.63, 3.8) is 0 Å². The molecule has 1 amide bonds. The Morgan fingerprint density at radius 3 is 1.53 bits per heavy atom. The molecule has 58 heavy (non-hydrogen) atoms.